The summed E-state index contributed by atoms with van der Waals surface area (Å²) >= 11 is 5.70. The molecule has 0 spiro atoms. The number of halogens is 1. The summed E-state index contributed by atoms with van der Waals surface area (Å²) in [4.78, 5) is 10.2. The lowest BCUT2D eigenvalue weighted by molar-refractivity contribution is -0.384. The normalized spacial score (nSPS) is 12.5. The molecule has 0 amide bonds. The van der Waals surface area contributed by atoms with E-state index in [1.54, 1.807) is 12.1 Å². The van der Waals surface area contributed by atoms with Crippen molar-refractivity contribution in [2.24, 2.45) is 0 Å². The van der Waals surface area contributed by atoms with E-state index in [-0.39, 0.29) is 10.7 Å². The van der Waals surface area contributed by atoms with Crippen LogP contribution in [0, 0.1) is 10.1 Å². The number of hydrogen-bond donors (Lipinski definition) is 0. The second-order valence-electron chi connectivity index (χ2n) is 3.28. The summed E-state index contributed by atoms with van der Waals surface area (Å²) < 4.78 is 0. The highest BCUT2D eigenvalue weighted by Crippen LogP contribution is 2.29. The maximum absolute atomic E-state index is 10.6. The van der Waals surface area contributed by atoms with Crippen LogP contribution in [0.15, 0.2) is 18.2 Å². The molecule has 14 heavy (non-hydrogen) atoms. The predicted molar refractivity (Wildman–Crippen MR) is 56.8 cm³/mol. The number of nitro groups is 1. The van der Waals surface area contributed by atoms with Gasteiger partial charge >= 0.3 is 0 Å². The molecule has 0 bridgehead atoms. The van der Waals surface area contributed by atoms with Crippen LogP contribution in [0.5, 0.6) is 0 Å². The summed E-state index contributed by atoms with van der Waals surface area (Å²) in [6.45, 7) is 4.08. The number of benzene rings is 1. The first-order chi connectivity index (χ1) is 6.56. The molecule has 0 aliphatic carbocycles. The number of rotatable bonds is 3. The van der Waals surface area contributed by atoms with Crippen LogP contribution < -0.4 is 0 Å². The van der Waals surface area contributed by atoms with Crippen molar-refractivity contribution in [3.05, 3.63) is 38.9 Å². The van der Waals surface area contributed by atoms with E-state index in [0.29, 0.717) is 5.92 Å². The van der Waals surface area contributed by atoms with Gasteiger partial charge in [-0.1, -0.05) is 31.5 Å². The molecule has 0 heterocycles. The summed E-state index contributed by atoms with van der Waals surface area (Å²) in [6, 6.07) is 4.97. The Kier molecular flexibility index (Phi) is 3.47. The van der Waals surface area contributed by atoms with Gasteiger partial charge in [0.2, 0.25) is 0 Å². The van der Waals surface area contributed by atoms with Crippen molar-refractivity contribution >= 4 is 17.3 Å². The van der Waals surface area contributed by atoms with Crippen molar-refractivity contribution in [1.82, 2.24) is 0 Å². The van der Waals surface area contributed by atoms with Gasteiger partial charge in [-0.05, 0) is 24.0 Å². The molecule has 0 unspecified atom stereocenters. The lowest BCUT2D eigenvalue weighted by atomic mass is 9.98. The Morgan fingerprint density at radius 1 is 1.57 bits per heavy atom. The highest BCUT2D eigenvalue weighted by atomic mass is 35.5. The van der Waals surface area contributed by atoms with Crippen LogP contribution in [0.4, 0.5) is 5.69 Å². The number of nitrogens with zero attached hydrogens (tertiary/aromatic N) is 1. The van der Waals surface area contributed by atoms with E-state index in [2.05, 4.69) is 0 Å². The van der Waals surface area contributed by atoms with E-state index in [4.69, 9.17) is 11.6 Å². The SMILES string of the molecule is CC[C@H](C)c1ccc(Cl)c([N+](=O)[O-])c1. The molecule has 0 saturated heterocycles. The number of nitro benzene ring substituents is 1. The molecule has 0 fully saturated rings. The van der Waals surface area contributed by atoms with E-state index in [9.17, 15) is 10.1 Å². The van der Waals surface area contributed by atoms with Crippen LogP contribution in [0.3, 0.4) is 0 Å². The van der Waals surface area contributed by atoms with Crippen molar-refractivity contribution in [3.8, 4) is 0 Å². The van der Waals surface area contributed by atoms with Gasteiger partial charge in [-0.3, -0.25) is 10.1 Å². The minimum atomic E-state index is -0.450. The summed E-state index contributed by atoms with van der Waals surface area (Å²) in [5, 5.41) is 10.8. The first kappa shape index (κ1) is 11.0. The molecule has 1 atom stereocenters. The molecule has 0 aliphatic heterocycles. The maximum Gasteiger partial charge on any atom is 0.288 e. The third-order valence-corrected chi connectivity index (χ3v) is 2.67. The Morgan fingerprint density at radius 2 is 2.21 bits per heavy atom. The molecule has 3 nitrogen and oxygen atoms in total. The molecule has 1 aromatic rings. The minimum Gasteiger partial charge on any atom is -0.258 e. The Morgan fingerprint density at radius 3 is 2.71 bits per heavy atom. The third-order valence-electron chi connectivity index (χ3n) is 2.35. The molecular weight excluding hydrogens is 202 g/mol. The first-order valence-corrected chi connectivity index (χ1v) is 4.88. The predicted octanol–water partition coefficient (Wildman–Crippen LogP) is 3.76. The zero-order chi connectivity index (χ0) is 10.7. The van der Waals surface area contributed by atoms with E-state index in [0.717, 1.165) is 12.0 Å². The molecular formula is C10H12ClNO2. The average Bonchev–Trinajstić information content (AvgIpc) is 2.17. The van der Waals surface area contributed by atoms with Gasteiger partial charge in [0.05, 0.1) is 4.92 Å². The second-order valence-corrected chi connectivity index (χ2v) is 3.68. The smallest absolute Gasteiger partial charge is 0.258 e. The van der Waals surface area contributed by atoms with Crippen LogP contribution in [-0.4, -0.2) is 4.92 Å². The van der Waals surface area contributed by atoms with Crippen molar-refractivity contribution in [2.45, 2.75) is 26.2 Å². The average molecular weight is 214 g/mol. The minimum absolute atomic E-state index is 0.00975. The van der Waals surface area contributed by atoms with Crippen molar-refractivity contribution in [3.63, 3.8) is 0 Å². The largest absolute Gasteiger partial charge is 0.288 e. The van der Waals surface area contributed by atoms with E-state index in [1.807, 2.05) is 19.9 Å². The topological polar surface area (TPSA) is 43.1 Å². The van der Waals surface area contributed by atoms with Gasteiger partial charge in [0, 0.05) is 6.07 Å². The second kappa shape index (κ2) is 4.42. The summed E-state index contributed by atoms with van der Waals surface area (Å²) in [5.74, 6) is 0.325. The summed E-state index contributed by atoms with van der Waals surface area (Å²) in [7, 11) is 0. The highest BCUT2D eigenvalue weighted by molar-refractivity contribution is 6.32. The lowest BCUT2D eigenvalue weighted by Crippen LogP contribution is -1.95. The van der Waals surface area contributed by atoms with Gasteiger partial charge in [0.25, 0.3) is 5.69 Å². The van der Waals surface area contributed by atoms with Crippen molar-refractivity contribution in [2.75, 3.05) is 0 Å². The Bertz CT molecular complexity index is 352. The van der Waals surface area contributed by atoms with Gasteiger partial charge < -0.3 is 0 Å². The summed E-state index contributed by atoms with van der Waals surface area (Å²) in [5.41, 5.74) is 0.952. The fourth-order valence-electron chi connectivity index (χ4n) is 1.21. The number of hydrogen-bond acceptors (Lipinski definition) is 2. The van der Waals surface area contributed by atoms with Crippen LogP contribution in [0.2, 0.25) is 5.02 Å². The molecule has 0 saturated carbocycles. The maximum atomic E-state index is 10.6. The molecule has 4 heteroatoms. The van der Waals surface area contributed by atoms with Crippen molar-refractivity contribution < 1.29 is 4.92 Å². The Balaban J connectivity index is 3.12. The standard InChI is InChI=1S/C10H12ClNO2/c1-3-7(2)8-4-5-9(11)10(6-8)12(13)14/h4-7H,3H2,1-2H3/t7-/m0/s1. The van der Waals surface area contributed by atoms with Crippen LogP contribution >= 0.6 is 11.6 Å². The molecule has 0 aliphatic rings. The Hall–Kier alpha value is -1.09. The quantitative estimate of drug-likeness (QED) is 0.567. The van der Waals surface area contributed by atoms with E-state index in [1.165, 1.54) is 0 Å². The van der Waals surface area contributed by atoms with Gasteiger partial charge in [-0.15, -0.1) is 0 Å². The van der Waals surface area contributed by atoms with Crippen LogP contribution in [0.25, 0.3) is 0 Å². The fourth-order valence-corrected chi connectivity index (χ4v) is 1.40. The van der Waals surface area contributed by atoms with Gasteiger partial charge in [0.15, 0.2) is 0 Å². The van der Waals surface area contributed by atoms with Crippen LogP contribution in [0.1, 0.15) is 31.7 Å². The molecule has 1 aromatic carbocycles. The monoisotopic (exact) mass is 213 g/mol. The lowest BCUT2D eigenvalue weighted by Gasteiger charge is -2.08. The fraction of sp³-hybridized carbons (Fsp3) is 0.400. The zero-order valence-corrected chi connectivity index (χ0v) is 8.91. The molecule has 76 valence electrons. The Labute approximate surface area is 87.8 Å². The third kappa shape index (κ3) is 2.23. The van der Waals surface area contributed by atoms with Gasteiger partial charge in [-0.2, -0.15) is 0 Å². The zero-order valence-electron chi connectivity index (χ0n) is 8.16. The molecule has 0 N–H and O–H groups in total. The first-order valence-electron chi connectivity index (χ1n) is 4.50. The van der Waals surface area contributed by atoms with E-state index >= 15 is 0 Å². The highest BCUT2D eigenvalue weighted by Gasteiger charge is 2.14. The summed E-state index contributed by atoms with van der Waals surface area (Å²) in [6.07, 6.45) is 0.957. The molecule has 0 aromatic heterocycles. The molecule has 0 radical (unpaired) electrons. The van der Waals surface area contributed by atoms with Gasteiger partial charge in [-0.25, -0.2) is 0 Å². The molecule has 1 rings (SSSR count). The van der Waals surface area contributed by atoms with E-state index < -0.39 is 4.92 Å². The van der Waals surface area contributed by atoms with Gasteiger partial charge in [0.1, 0.15) is 5.02 Å². The van der Waals surface area contributed by atoms with Crippen LogP contribution in [-0.2, 0) is 0 Å². The van der Waals surface area contributed by atoms with Crippen molar-refractivity contribution in [1.29, 1.82) is 0 Å².